The lowest BCUT2D eigenvalue weighted by Gasteiger charge is -2.01. The van der Waals surface area contributed by atoms with Crippen molar-refractivity contribution in [2.45, 2.75) is 38.9 Å². The second-order valence-corrected chi connectivity index (χ2v) is 4.71. The van der Waals surface area contributed by atoms with Crippen molar-refractivity contribution in [1.29, 1.82) is 0 Å². The first kappa shape index (κ1) is 10.6. The Morgan fingerprint density at radius 3 is 3.12 bits per heavy atom. The molecule has 4 nitrogen and oxygen atoms in total. The maximum atomic E-state index is 5.85. The van der Waals surface area contributed by atoms with Crippen molar-refractivity contribution in [3.8, 4) is 0 Å². The predicted octanol–water partition coefficient (Wildman–Crippen LogP) is 2.08. The van der Waals surface area contributed by atoms with E-state index in [2.05, 4.69) is 23.3 Å². The molecule has 17 heavy (non-hydrogen) atoms. The average molecular weight is 231 g/mol. The van der Waals surface area contributed by atoms with E-state index in [4.69, 9.17) is 4.42 Å². The van der Waals surface area contributed by atoms with Crippen LogP contribution in [0.5, 0.6) is 0 Å². The Bertz CT molecular complexity index is 483. The summed E-state index contributed by atoms with van der Waals surface area (Å²) in [7, 11) is 0. The quantitative estimate of drug-likeness (QED) is 0.856. The number of hydrogen-bond donors (Lipinski definition) is 1. The minimum absolute atomic E-state index is 0.719. The highest BCUT2D eigenvalue weighted by Crippen LogP contribution is 2.21. The third kappa shape index (κ3) is 2.58. The topological polar surface area (TPSA) is 43.0 Å². The first-order chi connectivity index (χ1) is 8.31. The number of aromatic nitrogens is 2. The van der Waals surface area contributed by atoms with Crippen molar-refractivity contribution in [1.82, 2.24) is 14.9 Å². The number of aryl methyl sites for hydroxylation is 1. The molecule has 1 aliphatic rings. The lowest BCUT2D eigenvalue weighted by atomic mass is 10.2. The van der Waals surface area contributed by atoms with Gasteiger partial charge in [-0.15, -0.1) is 0 Å². The highest BCUT2D eigenvalue weighted by molar-refractivity contribution is 5.20. The minimum atomic E-state index is 0.719. The molecule has 3 rings (SSSR count). The number of imidazole rings is 1. The van der Waals surface area contributed by atoms with Gasteiger partial charge in [0, 0.05) is 18.4 Å². The van der Waals surface area contributed by atoms with Gasteiger partial charge in [0.15, 0.2) is 0 Å². The summed E-state index contributed by atoms with van der Waals surface area (Å²) in [6.07, 6.45) is 8.15. The third-order valence-electron chi connectivity index (χ3n) is 3.10. The zero-order valence-corrected chi connectivity index (χ0v) is 10.0. The molecule has 0 radical (unpaired) electrons. The molecule has 0 atom stereocenters. The van der Waals surface area contributed by atoms with Crippen LogP contribution in [-0.2, 0) is 13.1 Å². The van der Waals surface area contributed by atoms with E-state index in [-0.39, 0.29) is 0 Å². The van der Waals surface area contributed by atoms with Crippen LogP contribution in [0.3, 0.4) is 0 Å². The molecule has 0 spiro atoms. The molecule has 0 aromatic carbocycles. The van der Waals surface area contributed by atoms with E-state index in [1.807, 2.05) is 10.8 Å². The smallest absolute Gasteiger partial charge is 0.124 e. The molecular formula is C13H17N3O. The van der Waals surface area contributed by atoms with Gasteiger partial charge in [0.25, 0.3) is 0 Å². The molecule has 2 aromatic rings. The monoisotopic (exact) mass is 231 g/mol. The largest absolute Gasteiger partial charge is 0.463 e. The van der Waals surface area contributed by atoms with Crippen LogP contribution in [0.1, 0.15) is 29.9 Å². The zero-order chi connectivity index (χ0) is 11.7. The van der Waals surface area contributed by atoms with E-state index in [1.165, 1.54) is 18.4 Å². The number of nitrogens with zero attached hydrogens (tertiary/aromatic N) is 2. The van der Waals surface area contributed by atoms with Crippen LogP contribution in [0.15, 0.2) is 29.2 Å². The van der Waals surface area contributed by atoms with Crippen molar-refractivity contribution in [2.24, 2.45) is 0 Å². The summed E-state index contributed by atoms with van der Waals surface area (Å²) in [4.78, 5) is 4.02. The van der Waals surface area contributed by atoms with Gasteiger partial charge in [0.05, 0.1) is 19.4 Å². The zero-order valence-electron chi connectivity index (χ0n) is 10.0. The number of furan rings is 1. The van der Waals surface area contributed by atoms with Gasteiger partial charge in [0.2, 0.25) is 0 Å². The highest BCUT2D eigenvalue weighted by atomic mass is 16.3. The summed E-state index contributed by atoms with van der Waals surface area (Å²) in [5.41, 5.74) is 1.23. The maximum absolute atomic E-state index is 5.85. The summed E-state index contributed by atoms with van der Waals surface area (Å²) in [5.74, 6) is 2.06. The van der Waals surface area contributed by atoms with Gasteiger partial charge in [0.1, 0.15) is 11.5 Å². The van der Waals surface area contributed by atoms with Crippen LogP contribution in [0.4, 0.5) is 0 Å². The van der Waals surface area contributed by atoms with Crippen molar-refractivity contribution >= 4 is 0 Å². The van der Waals surface area contributed by atoms with Gasteiger partial charge >= 0.3 is 0 Å². The van der Waals surface area contributed by atoms with E-state index in [1.54, 1.807) is 12.5 Å². The lowest BCUT2D eigenvalue weighted by molar-refractivity contribution is 0.435. The van der Waals surface area contributed by atoms with E-state index >= 15 is 0 Å². The Hall–Kier alpha value is -1.55. The Balaban J connectivity index is 1.66. The molecule has 1 saturated carbocycles. The second-order valence-electron chi connectivity index (χ2n) is 4.71. The van der Waals surface area contributed by atoms with Crippen molar-refractivity contribution in [3.05, 3.63) is 41.9 Å². The molecule has 90 valence electrons. The molecule has 0 amide bonds. The highest BCUT2D eigenvalue weighted by Gasteiger charge is 2.21. The molecule has 1 N–H and O–H groups in total. The van der Waals surface area contributed by atoms with Gasteiger partial charge in [-0.2, -0.15) is 0 Å². The Kier molecular flexibility index (Phi) is 2.73. The summed E-state index contributed by atoms with van der Waals surface area (Å²) in [6, 6.07) is 2.83. The number of nitrogens with one attached hydrogen (secondary N) is 1. The summed E-state index contributed by atoms with van der Waals surface area (Å²) in [6.45, 7) is 3.70. The number of rotatable bonds is 5. The normalized spacial score (nSPS) is 15.4. The third-order valence-corrected chi connectivity index (χ3v) is 3.10. The predicted molar refractivity (Wildman–Crippen MR) is 64.6 cm³/mol. The molecule has 2 heterocycles. The summed E-state index contributed by atoms with van der Waals surface area (Å²) < 4.78 is 7.87. The molecule has 1 fully saturated rings. The van der Waals surface area contributed by atoms with Crippen LogP contribution < -0.4 is 5.32 Å². The minimum Gasteiger partial charge on any atom is -0.463 e. The molecule has 0 bridgehead atoms. The Morgan fingerprint density at radius 1 is 1.53 bits per heavy atom. The Labute approximate surface area is 101 Å². The molecule has 1 aliphatic carbocycles. The maximum Gasteiger partial charge on any atom is 0.124 e. The second kappa shape index (κ2) is 4.37. The first-order valence-corrected chi connectivity index (χ1v) is 6.08. The molecule has 0 aliphatic heterocycles. The fourth-order valence-corrected chi connectivity index (χ4v) is 1.93. The molecule has 0 unspecified atom stereocenters. The van der Waals surface area contributed by atoms with Gasteiger partial charge in [-0.05, 0) is 31.4 Å². The lowest BCUT2D eigenvalue weighted by Crippen LogP contribution is -2.15. The molecule has 4 heteroatoms. The van der Waals surface area contributed by atoms with Crippen molar-refractivity contribution in [2.75, 3.05) is 0 Å². The SMILES string of the molecule is Cc1cc(Cn2ccnc2)oc1CNC1CC1. The van der Waals surface area contributed by atoms with E-state index in [9.17, 15) is 0 Å². The first-order valence-electron chi connectivity index (χ1n) is 6.08. The van der Waals surface area contributed by atoms with Crippen LogP contribution >= 0.6 is 0 Å². The van der Waals surface area contributed by atoms with Gasteiger partial charge in [-0.25, -0.2) is 4.98 Å². The van der Waals surface area contributed by atoms with Crippen LogP contribution in [0.2, 0.25) is 0 Å². The van der Waals surface area contributed by atoms with Gasteiger partial charge in [-0.3, -0.25) is 0 Å². The van der Waals surface area contributed by atoms with Crippen LogP contribution in [0.25, 0.3) is 0 Å². The summed E-state index contributed by atoms with van der Waals surface area (Å²) in [5, 5.41) is 3.47. The van der Waals surface area contributed by atoms with Gasteiger partial charge in [-0.1, -0.05) is 0 Å². The van der Waals surface area contributed by atoms with Crippen LogP contribution in [-0.4, -0.2) is 15.6 Å². The summed E-state index contributed by atoms with van der Waals surface area (Å²) >= 11 is 0. The molecule has 0 saturated heterocycles. The molecular weight excluding hydrogens is 214 g/mol. The van der Waals surface area contributed by atoms with Crippen molar-refractivity contribution in [3.63, 3.8) is 0 Å². The van der Waals surface area contributed by atoms with Gasteiger partial charge < -0.3 is 14.3 Å². The van der Waals surface area contributed by atoms with Crippen molar-refractivity contribution < 1.29 is 4.42 Å². The Morgan fingerprint density at radius 2 is 2.41 bits per heavy atom. The molecule has 2 aromatic heterocycles. The fraction of sp³-hybridized carbons (Fsp3) is 0.462. The number of hydrogen-bond acceptors (Lipinski definition) is 3. The average Bonchev–Trinajstić information content (AvgIpc) is 2.88. The standard InChI is InChI=1S/C13H17N3O/c1-10-6-12(8-16-5-4-14-9-16)17-13(10)7-15-11-2-3-11/h4-6,9,11,15H,2-3,7-8H2,1H3. The van der Waals surface area contributed by atoms with E-state index in [0.29, 0.717) is 0 Å². The fourth-order valence-electron chi connectivity index (χ4n) is 1.93. The van der Waals surface area contributed by atoms with E-state index < -0.39 is 0 Å². The van der Waals surface area contributed by atoms with E-state index in [0.717, 1.165) is 30.7 Å². The van der Waals surface area contributed by atoms with Crippen LogP contribution in [0, 0.1) is 6.92 Å².